The van der Waals surface area contributed by atoms with Crippen LogP contribution in [0.25, 0.3) is 0 Å². The molecule has 0 atom stereocenters. The van der Waals surface area contributed by atoms with Crippen LogP contribution in [0, 0.1) is 5.41 Å². The van der Waals surface area contributed by atoms with Crippen LogP contribution in [0.2, 0.25) is 0 Å². The molecule has 0 spiro atoms. The third-order valence-corrected chi connectivity index (χ3v) is 4.33. The highest BCUT2D eigenvalue weighted by Gasteiger charge is 2.28. The second-order valence-electron chi connectivity index (χ2n) is 5.31. The molecule has 0 bridgehead atoms. The minimum absolute atomic E-state index is 0.00881. The molecule has 1 fully saturated rings. The molecule has 1 amide bonds. The predicted molar refractivity (Wildman–Crippen MR) is 62.4 cm³/mol. The van der Waals surface area contributed by atoms with Crippen molar-refractivity contribution in [2.75, 3.05) is 25.4 Å². The largest absolute Gasteiger partial charge is 0.354 e. The maximum absolute atomic E-state index is 11.9. The Kier molecular flexibility index (Phi) is 3.96. The summed E-state index contributed by atoms with van der Waals surface area (Å²) >= 11 is 0. The molecule has 1 rings (SSSR count). The first-order valence-electron chi connectivity index (χ1n) is 5.45. The van der Waals surface area contributed by atoms with Crippen LogP contribution < -0.4 is 5.32 Å². The number of carbonyl (C=O) groups excluding carboxylic acids is 1. The molecule has 0 saturated carbocycles. The summed E-state index contributed by atoms with van der Waals surface area (Å²) in [6, 6.07) is 0. The monoisotopic (exact) mass is 248 g/mol. The molecule has 94 valence electrons. The van der Waals surface area contributed by atoms with Crippen molar-refractivity contribution >= 4 is 15.9 Å². The number of rotatable bonds is 3. The molecule has 0 aromatic rings. The fourth-order valence-electron chi connectivity index (χ4n) is 1.42. The van der Waals surface area contributed by atoms with E-state index in [2.05, 4.69) is 5.32 Å². The minimum atomic E-state index is -3.28. The first-order chi connectivity index (χ1) is 7.21. The lowest BCUT2D eigenvalue weighted by molar-refractivity contribution is -0.122. The normalized spacial score (nSPS) is 19.6. The van der Waals surface area contributed by atoms with Gasteiger partial charge in [0.2, 0.25) is 15.9 Å². The Morgan fingerprint density at radius 1 is 1.38 bits per heavy atom. The fraction of sp³-hybridized carbons (Fsp3) is 0.900. The molecule has 6 heteroatoms. The van der Waals surface area contributed by atoms with Crippen LogP contribution in [0.3, 0.4) is 0 Å². The average molecular weight is 248 g/mol. The standard InChI is InChI=1S/C10H20N2O3S/c1-10(2,3)4-7-16(14,15)12-6-5-11-9(13)8-12/h4-8H2,1-3H3,(H,11,13). The van der Waals surface area contributed by atoms with Gasteiger partial charge < -0.3 is 5.32 Å². The zero-order chi connectivity index (χ0) is 12.4. The molecule has 0 aliphatic carbocycles. The number of sulfonamides is 1. The van der Waals surface area contributed by atoms with E-state index in [1.54, 1.807) is 0 Å². The second kappa shape index (κ2) is 4.71. The van der Waals surface area contributed by atoms with Gasteiger partial charge in [-0.3, -0.25) is 4.79 Å². The molecule has 1 aliphatic rings. The van der Waals surface area contributed by atoms with Crippen LogP contribution in [0.15, 0.2) is 0 Å². The van der Waals surface area contributed by atoms with Crippen LogP contribution in [0.1, 0.15) is 27.2 Å². The Morgan fingerprint density at radius 3 is 2.50 bits per heavy atom. The van der Waals surface area contributed by atoms with Crippen molar-refractivity contribution in [3.8, 4) is 0 Å². The zero-order valence-electron chi connectivity index (χ0n) is 10.1. The third kappa shape index (κ3) is 4.09. The maximum atomic E-state index is 11.9. The molecule has 0 unspecified atom stereocenters. The third-order valence-electron chi connectivity index (χ3n) is 2.51. The Labute approximate surface area is 97.2 Å². The average Bonchev–Trinajstić information content (AvgIpc) is 2.14. The summed E-state index contributed by atoms with van der Waals surface area (Å²) in [6.07, 6.45) is 0.605. The van der Waals surface area contributed by atoms with E-state index in [-0.39, 0.29) is 23.6 Å². The molecular weight excluding hydrogens is 228 g/mol. The van der Waals surface area contributed by atoms with E-state index in [4.69, 9.17) is 0 Å². The van der Waals surface area contributed by atoms with Crippen molar-refractivity contribution < 1.29 is 13.2 Å². The van der Waals surface area contributed by atoms with Crippen LogP contribution >= 0.6 is 0 Å². The van der Waals surface area contributed by atoms with Crippen LogP contribution in [-0.4, -0.2) is 44.0 Å². The summed E-state index contributed by atoms with van der Waals surface area (Å²) in [5, 5.41) is 2.61. The molecule has 0 aromatic carbocycles. The number of nitrogens with zero attached hydrogens (tertiary/aromatic N) is 1. The van der Waals surface area contributed by atoms with Crippen molar-refractivity contribution in [3.05, 3.63) is 0 Å². The quantitative estimate of drug-likeness (QED) is 0.775. The number of amides is 1. The number of carbonyl (C=O) groups is 1. The van der Waals surface area contributed by atoms with Gasteiger partial charge in [0.25, 0.3) is 0 Å². The molecular formula is C10H20N2O3S. The van der Waals surface area contributed by atoms with Gasteiger partial charge in [-0.05, 0) is 11.8 Å². The molecule has 1 N–H and O–H groups in total. The number of hydrogen-bond donors (Lipinski definition) is 1. The summed E-state index contributed by atoms with van der Waals surface area (Å²) in [7, 11) is -3.28. The van der Waals surface area contributed by atoms with E-state index in [0.717, 1.165) is 0 Å². The second-order valence-corrected chi connectivity index (χ2v) is 7.40. The van der Waals surface area contributed by atoms with E-state index in [1.165, 1.54) is 4.31 Å². The Morgan fingerprint density at radius 2 is 2.00 bits per heavy atom. The zero-order valence-corrected chi connectivity index (χ0v) is 10.9. The Bertz CT molecular complexity index is 357. The summed E-state index contributed by atoms with van der Waals surface area (Å²) < 4.78 is 25.1. The van der Waals surface area contributed by atoms with Gasteiger partial charge >= 0.3 is 0 Å². The number of piperazine rings is 1. The van der Waals surface area contributed by atoms with Gasteiger partial charge in [0.15, 0.2) is 0 Å². The van der Waals surface area contributed by atoms with Crippen LogP contribution in [0.5, 0.6) is 0 Å². The highest BCUT2D eigenvalue weighted by molar-refractivity contribution is 7.89. The van der Waals surface area contributed by atoms with Gasteiger partial charge in [-0.15, -0.1) is 0 Å². The van der Waals surface area contributed by atoms with E-state index in [1.807, 2.05) is 20.8 Å². The van der Waals surface area contributed by atoms with E-state index in [9.17, 15) is 13.2 Å². The lowest BCUT2D eigenvalue weighted by Crippen LogP contribution is -2.50. The smallest absolute Gasteiger partial charge is 0.235 e. The van der Waals surface area contributed by atoms with E-state index < -0.39 is 10.0 Å². The number of nitrogens with one attached hydrogen (secondary N) is 1. The molecule has 16 heavy (non-hydrogen) atoms. The molecule has 1 heterocycles. The summed E-state index contributed by atoms with van der Waals surface area (Å²) in [5.41, 5.74) is -0.00881. The fourth-order valence-corrected chi connectivity index (χ4v) is 3.23. The lowest BCUT2D eigenvalue weighted by Gasteiger charge is -2.27. The van der Waals surface area contributed by atoms with Gasteiger partial charge in [0.05, 0.1) is 12.3 Å². The highest BCUT2D eigenvalue weighted by atomic mass is 32.2. The van der Waals surface area contributed by atoms with Crippen molar-refractivity contribution in [2.45, 2.75) is 27.2 Å². The molecule has 1 saturated heterocycles. The summed E-state index contributed by atoms with van der Waals surface area (Å²) in [4.78, 5) is 11.1. The van der Waals surface area contributed by atoms with E-state index >= 15 is 0 Å². The van der Waals surface area contributed by atoms with E-state index in [0.29, 0.717) is 19.5 Å². The first-order valence-corrected chi connectivity index (χ1v) is 7.06. The summed E-state index contributed by atoms with van der Waals surface area (Å²) in [5.74, 6) is -0.102. The SMILES string of the molecule is CC(C)(C)CCS(=O)(=O)N1CCNC(=O)C1. The van der Waals surface area contributed by atoms with Gasteiger partial charge in [0.1, 0.15) is 0 Å². The molecule has 0 radical (unpaired) electrons. The topological polar surface area (TPSA) is 66.5 Å². The molecule has 0 aromatic heterocycles. The molecule has 5 nitrogen and oxygen atoms in total. The first kappa shape index (κ1) is 13.4. The minimum Gasteiger partial charge on any atom is -0.354 e. The number of hydrogen-bond acceptors (Lipinski definition) is 3. The van der Waals surface area contributed by atoms with Gasteiger partial charge in [-0.25, -0.2) is 8.42 Å². The van der Waals surface area contributed by atoms with Crippen molar-refractivity contribution in [1.82, 2.24) is 9.62 Å². The van der Waals surface area contributed by atoms with Crippen molar-refractivity contribution in [3.63, 3.8) is 0 Å². The van der Waals surface area contributed by atoms with Crippen molar-refractivity contribution in [1.29, 1.82) is 0 Å². The molecule has 1 aliphatic heterocycles. The van der Waals surface area contributed by atoms with Crippen molar-refractivity contribution in [2.24, 2.45) is 5.41 Å². The predicted octanol–water partition coefficient (Wildman–Crippen LogP) is 0.184. The van der Waals surface area contributed by atoms with Gasteiger partial charge in [0, 0.05) is 13.1 Å². The van der Waals surface area contributed by atoms with Crippen LogP contribution in [-0.2, 0) is 14.8 Å². The highest BCUT2D eigenvalue weighted by Crippen LogP contribution is 2.20. The maximum Gasteiger partial charge on any atom is 0.235 e. The Balaban J connectivity index is 2.60. The summed E-state index contributed by atoms with van der Waals surface area (Å²) in [6.45, 7) is 6.78. The lowest BCUT2D eigenvalue weighted by atomic mass is 9.94. The van der Waals surface area contributed by atoms with Gasteiger partial charge in [-0.2, -0.15) is 4.31 Å². The Hall–Kier alpha value is -0.620. The van der Waals surface area contributed by atoms with Crippen LogP contribution in [0.4, 0.5) is 0 Å². The van der Waals surface area contributed by atoms with Gasteiger partial charge in [-0.1, -0.05) is 20.8 Å².